The van der Waals surface area contributed by atoms with Crippen molar-refractivity contribution in [2.24, 2.45) is 5.92 Å². The molecule has 3 amide bonds. The number of rotatable bonds is 3. The number of para-hydroxylation sites is 1. The maximum atomic E-state index is 12.5. The largest absolute Gasteiger partial charge is 0.491 e. The van der Waals surface area contributed by atoms with E-state index in [9.17, 15) is 24.3 Å². The van der Waals surface area contributed by atoms with Crippen LogP contribution in [0, 0.1) is 5.92 Å². The van der Waals surface area contributed by atoms with E-state index in [0.717, 1.165) is 0 Å². The third-order valence-corrected chi connectivity index (χ3v) is 4.41. The minimum absolute atomic E-state index is 0.105. The van der Waals surface area contributed by atoms with Crippen molar-refractivity contribution in [1.82, 2.24) is 16.0 Å². The van der Waals surface area contributed by atoms with Crippen LogP contribution in [0.3, 0.4) is 0 Å². The molecule has 1 aliphatic rings. The highest BCUT2D eigenvalue weighted by molar-refractivity contribution is 5.99. The van der Waals surface area contributed by atoms with Crippen molar-refractivity contribution in [3.05, 3.63) is 29.8 Å². The average Bonchev–Trinajstić information content (AvgIpc) is 2.66. The van der Waals surface area contributed by atoms with Gasteiger partial charge in [-0.15, -0.1) is 0 Å². The summed E-state index contributed by atoms with van der Waals surface area (Å²) < 4.78 is 5.61. The lowest BCUT2D eigenvalue weighted by Gasteiger charge is -2.20. The molecule has 9 nitrogen and oxygen atoms in total. The Morgan fingerprint density at radius 3 is 2.62 bits per heavy atom. The molecule has 0 aliphatic carbocycles. The third kappa shape index (κ3) is 6.78. The van der Waals surface area contributed by atoms with Gasteiger partial charge in [0, 0.05) is 6.42 Å². The van der Waals surface area contributed by atoms with E-state index in [2.05, 4.69) is 16.0 Å². The van der Waals surface area contributed by atoms with Crippen molar-refractivity contribution in [2.45, 2.75) is 45.2 Å². The number of nitrogens with one attached hydrogen (secondary N) is 3. The molecule has 1 aliphatic heterocycles. The normalized spacial score (nSPS) is 21.6. The first-order valence-electron chi connectivity index (χ1n) is 9.60. The molecule has 0 bridgehead atoms. The second-order valence-electron chi connectivity index (χ2n) is 7.29. The fraction of sp³-hybridized carbons (Fsp3) is 0.500. The van der Waals surface area contributed by atoms with Crippen LogP contribution in [0.15, 0.2) is 24.3 Å². The van der Waals surface area contributed by atoms with Crippen molar-refractivity contribution in [1.29, 1.82) is 0 Å². The molecular weight excluding hydrogens is 378 g/mol. The SMILES string of the molecule is CC(C)C[C@@H]1NC(=O)CC[C@@H](C(=O)O)NC(=O)c2ccccc2OCCNC1=O. The van der Waals surface area contributed by atoms with Crippen LogP contribution in [0.1, 0.15) is 43.5 Å². The fourth-order valence-corrected chi connectivity index (χ4v) is 2.98. The van der Waals surface area contributed by atoms with Crippen molar-refractivity contribution >= 4 is 23.7 Å². The summed E-state index contributed by atoms with van der Waals surface area (Å²) in [4.78, 5) is 48.8. The van der Waals surface area contributed by atoms with E-state index < -0.39 is 29.9 Å². The highest BCUT2D eigenvalue weighted by Gasteiger charge is 2.26. The van der Waals surface area contributed by atoms with E-state index in [1.54, 1.807) is 18.2 Å². The first kappa shape index (κ1) is 22.2. The Morgan fingerprint density at radius 1 is 1.21 bits per heavy atom. The van der Waals surface area contributed by atoms with Gasteiger partial charge in [0.15, 0.2) is 0 Å². The summed E-state index contributed by atoms with van der Waals surface area (Å²) in [6, 6.07) is 4.47. The molecule has 9 heteroatoms. The Morgan fingerprint density at radius 2 is 1.93 bits per heavy atom. The molecule has 0 saturated heterocycles. The highest BCUT2D eigenvalue weighted by atomic mass is 16.5. The van der Waals surface area contributed by atoms with Gasteiger partial charge < -0.3 is 25.8 Å². The monoisotopic (exact) mass is 405 g/mol. The number of amides is 3. The van der Waals surface area contributed by atoms with E-state index in [4.69, 9.17) is 4.74 Å². The Bertz CT molecular complexity index is 764. The first-order valence-corrected chi connectivity index (χ1v) is 9.60. The van der Waals surface area contributed by atoms with Crippen LogP contribution in [0.25, 0.3) is 0 Å². The van der Waals surface area contributed by atoms with E-state index >= 15 is 0 Å². The zero-order valence-corrected chi connectivity index (χ0v) is 16.6. The lowest BCUT2D eigenvalue weighted by molar-refractivity contribution is -0.139. The van der Waals surface area contributed by atoms with Crippen molar-refractivity contribution in [3.8, 4) is 5.75 Å². The molecule has 0 saturated carbocycles. The Balaban J connectivity index is 2.24. The number of carbonyl (C=O) groups excluding carboxylic acids is 3. The molecule has 158 valence electrons. The van der Waals surface area contributed by atoms with Gasteiger partial charge in [-0.1, -0.05) is 26.0 Å². The van der Waals surface area contributed by atoms with Gasteiger partial charge in [0.1, 0.15) is 24.4 Å². The van der Waals surface area contributed by atoms with Gasteiger partial charge in [-0.3, -0.25) is 14.4 Å². The predicted molar refractivity (Wildman–Crippen MR) is 104 cm³/mol. The van der Waals surface area contributed by atoms with Gasteiger partial charge in [-0.2, -0.15) is 0 Å². The molecule has 29 heavy (non-hydrogen) atoms. The number of benzene rings is 1. The summed E-state index contributed by atoms with van der Waals surface area (Å²) in [5.74, 6) is -2.18. The second kappa shape index (κ2) is 10.4. The highest BCUT2D eigenvalue weighted by Crippen LogP contribution is 2.18. The molecule has 0 radical (unpaired) electrons. The third-order valence-electron chi connectivity index (χ3n) is 4.41. The molecule has 1 aromatic rings. The lowest BCUT2D eigenvalue weighted by atomic mass is 10.0. The van der Waals surface area contributed by atoms with Gasteiger partial charge >= 0.3 is 5.97 Å². The topological polar surface area (TPSA) is 134 Å². The number of carboxylic acids is 1. The minimum atomic E-state index is -1.25. The van der Waals surface area contributed by atoms with Gasteiger partial charge in [0.05, 0.1) is 12.1 Å². The Kier molecular flexibility index (Phi) is 7.99. The van der Waals surface area contributed by atoms with Crippen LogP contribution >= 0.6 is 0 Å². The van der Waals surface area contributed by atoms with Crippen LogP contribution in [0.4, 0.5) is 0 Å². The molecule has 0 aromatic heterocycles. The van der Waals surface area contributed by atoms with Gasteiger partial charge in [-0.25, -0.2) is 4.79 Å². The standard InChI is InChI=1S/C20H27N3O6/c1-12(2)11-15-19(26)21-9-10-29-16-6-4-3-5-13(16)18(25)23-14(20(27)28)7-8-17(24)22-15/h3-6,12,14-15H,7-11H2,1-2H3,(H,21,26)(H,22,24)(H,23,25)(H,27,28)/t14-,15-/m0/s1. The Labute approximate surface area is 169 Å². The van der Waals surface area contributed by atoms with E-state index in [0.29, 0.717) is 6.42 Å². The van der Waals surface area contributed by atoms with E-state index in [-0.39, 0.29) is 49.1 Å². The molecule has 4 N–H and O–H groups in total. The summed E-state index contributed by atoms with van der Waals surface area (Å²) in [5, 5.41) is 17.2. The number of fused-ring (bicyclic) bond motifs is 1. The summed E-state index contributed by atoms with van der Waals surface area (Å²) in [6.07, 6.45) is 0.198. The van der Waals surface area contributed by atoms with Crippen LogP contribution in [0.2, 0.25) is 0 Å². The predicted octanol–water partition coefficient (Wildman–Crippen LogP) is 0.689. The molecule has 1 aromatic carbocycles. The van der Waals surface area contributed by atoms with Crippen LogP contribution < -0.4 is 20.7 Å². The van der Waals surface area contributed by atoms with Crippen molar-refractivity contribution < 1.29 is 29.0 Å². The van der Waals surface area contributed by atoms with Gasteiger partial charge in [0.2, 0.25) is 11.8 Å². The molecule has 0 spiro atoms. The molecule has 1 heterocycles. The summed E-state index contributed by atoms with van der Waals surface area (Å²) in [6.45, 7) is 4.17. The molecule has 0 fully saturated rings. The summed E-state index contributed by atoms with van der Waals surface area (Å²) in [7, 11) is 0. The van der Waals surface area contributed by atoms with Crippen molar-refractivity contribution in [3.63, 3.8) is 0 Å². The zero-order chi connectivity index (χ0) is 21.4. The van der Waals surface area contributed by atoms with Crippen LogP contribution in [-0.4, -0.2) is 54.0 Å². The van der Waals surface area contributed by atoms with Gasteiger partial charge in [-0.05, 0) is 30.9 Å². The zero-order valence-electron chi connectivity index (χ0n) is 16.6. The van der Waals surface area contributed by atoms with Crippen LogP contribution in [-0.2, 0) is 14.4 Å². The number of aliphatic carboxylic acids is 1. The maximum Gasteiger partial charge on any atom is 0.326 e. The van der Waals surface area contributed by atoms with E-state index in [1.165, 1.54) is 6.07 Å². The summed E-state index contributed by atoms with van der Waals surface area (Å²) in [5.41, 5.74) is 0.182. The molecule has 2 atom stereocenters. The average molecular weight is 405 g/mol. The van der Waals surface area contributed by atoms with Crippen LogP contribution in [0.5, 0.6) is 5.75 Å². The number of ether oxygens (including phenoxy) is 1. The number of carboxylic acid groups (broad SMARTS) is 1. The lowest BCUT2D eigenvalue weighted by Crippen LogP contribution is -2.48. The number of carbonyl (C=O) groups is 4. The van der Waals surface area contributed by atoms with Crippen molar-refractivity contribution in [2.75, 3.05) is 13.2 Å². The molecular formula is C20H27N3O6. The summed E-state index contributed by atoms with van der Waals surface area (Å²) >= 11 is 0. The maximum absolute atomic E-state index is 12.5. The fourth-order valence-electron chi connectivity index (χ4n) is 2.98. The second-order valence-corrected chi connectivity index (χ2v) is 7.29. The Hall–Kier alpha value is -3.10. The number of hydrogen-bond donors (Lipinski definition) is 4. The molecule has 2 rings (SSSR count). The van der Waals surface area contributed by atoms with E-state index in [1.807, 2.05) is 13.8 Å². The molecule has 0 unspecified atom stereocenters. The quantitative estimate of drug-likeness (QED) is 0.585. The minimum Gasteiger partial charge on any atom is -0.491 e. The number of hydrogen-bond acceptors (Lipinski definition) is 5. The first-order chi connectivity index (χ1) is 13.8. The smallest absolute Gasteiger partial charge is 0.326 e. The van der Waals surface area contributed by atoms with Gasteiger partial charge in [0.25, 0.3) is 5.91 Å².